The van der Waals surface area contributed by atoms with Crippen LogP contribution in [0, 0.1) is 13.8 Å². The highest BCUT2D eigenvalue weighted by Gasteiger charge is 2.48. The highest BCUT2D eigenvalue weighted by Crippen LogP contribution is 2.54. The molecule has 0 bridgehead atoms. The van der Waals surface area contributed by atoms with E-state index in [1.807, 2.05) is 50.2 Å². The average Bonchev–Trinajstić information content (AvgIpc) is 2.89. The Morgan fingerprint density at radius 3 is 2.37 bits per heavy atom. The molecule has 0 aliphatic rings. The van der Waals surface area contributed by atoms with Crippen LogP contribution in [0.2, 0.25) is 0 Å². The Morgan fingerprint density at radius 1 is 1.02 bits per heavy atom. The Hall–Kier alpha value is -3.78. The lowest BCUT2D eigenvalue weighted by Crippen LogP contribution is -2.19. The Kier molecular flexibility index (Phi) is 8.83. The lowest BCUT2D eigenvalue weighted by molar-refractivity contribution is 0.0594. The molecule has 0 atom stereocenters. The molecule has 6 N–H and O–H groups in total. The van der Waals surface area contributed by atoms with Crippen molar-refractivity contribution in [2.24, 2.45) is 0 Å². The van der Waals surface area contributed by atoms with Crippen molar-refractivity contribution < 1.29 is 27.9 Å². The number of aromatic nitrogens is 1. The van der Waals surface area contributed by atoms with Crippen molar-refractivity contribution in [2.75, 3.05) is 11.5 Å². The zero-order valence-corrected chi connectivity index (χ0v) is 24.1. The third-order valence-corrected chi connectivity index (χ3v) is 8.03. The summed E-state index contributed by atoms with van der Waals surface area (Å²) in [7, 11) is -5.52. The number of pyridine rings is 1. The van der Waals surface area contributed by atoms with E-state index in [0.29, 0.717) is 17.3 Å². The largest absolute Gasteiger partial charge is 0.489 e. The fourth-order valence-corrected chi connectivity index (χ4v) is 4.94. The van der Waals surface area contributed by atoms with Crippen LogP contribution in [-0.4, -0.2) is 20.4 Å². The minimum absolute atomic E-state index is 0.130. The molecule has 3 aromatic carbocycles. The van der Waals surface area contributed by atoms with Crippen LogP contribution in [0.4, 0.5) is 20.3 Å². The fraction of sp³-hybridized carbons (Fsp3) is 0.258. The van der Waals surface area contributed by atoms with Gasteiger partial charge in [-0.1, -0.05) is 54.1 Å². The third kappa shape index (κ3) is 7.30. The second-order valence-corrected chi connectivity index (χ2v) is 12.2. The van der Waals surface area contributed by atoms with E-state index >= 15 is 0 Å². The predicted molar refractivity (Wildman–Crippen MR) is 160 cm³/mol. The molecule has 0 aliphatic carbocycles. The number of nitrogen functional groups attached to an aromatic ring is 2. The first-order chi connectivity index (χ1) is 19.2. The summed E-state index contributed by atoms with van der Waals surface area (Å²) >= 11 is 0. The van der Waals surface area contributed by atoms with Gasteiger partial charge in [0.15, 0.2) is 0 Å². The highest BCUT2D eigenvalue weighted by molar-refractivity contribution is 7.53. The minimum Gasteiger partial charge on any atom is -0.489 e. The Balaban J connectivity index is 1.37. The van der Waals surface area contributed by atoms with Crippen LogP contribution in [0.3, 0.4) is 0 Å². The van der Waals surface area contributed by atoms with Gasteiger partial charge in [0.25, 0.3) is 0 Å². The number of hydrogen-bond acceptors (Lipinski definition) is 5. The number of hydrogen-bond donors (Lipinski definition) is 4. The third-order valence-electron chi connectivity index (χ3n) is 7.02. The Bertz CT molecular complexity index is 1650. The lowest BCUT2D eigenvalue weighted by atomic mass is 9.98. The van der Waals surface area contributed by atoms with E-state index in [2.05, 4.69) is 18.0 Å². The second-order valence-electron chi connectivity index (χ2n) is 10.4. The van der Waals surface area contributed by atoms with Gasteiger partial charge < -0.3 is 26.0 Å². The number of allylic oxidation sites excluding steroid dienone is 1. The van der Waals surface area contributed by atoms with Gasteiger partial charge in [-0.25, -0.2) is 4.98 Å². The molecule has 0 amide bonds. The molecular weight excluding hydrogens is 547 g/mol. The molecule has 0 spiro atoms. The van der Waals surface area contributed by atoms with Gasteiger partial charge in [0.05, 0.1) is 11.2 Å². The van der Waals surface area contributed by atoms with Gasteiger partial charge in [0.2, 0.25) is 0 Å². The fourth-order valence-electron chi connectivity index (χ4n) is 4.55. The van der Waals surface area contributed by atoms with E-state index in [-0.39, 0.29) is 12.2 Å². The van der Waals surface area contributed by atoms with E-state index in [1.165, 1.54) is 17.7 Å². The van der Waals surface area contributed by atoms with Crippen LogP contribution < -0.4 is 16.2 Å². The molecule has 0 fully saturated rings. The predicted octanol–water partition coefficient (Wildman–Crippen LogP) is 6.94. The molecule has 1 aromatic heterocycles. The molecule has 41 heavy (non-hydrogen) atoms. The van der Waals surface area contributed by atoms with Crippen molar-refractivity contribution in [3.05, 3.63) is 99.6 Å². The first-order valence-electron chi connectivity index (χ1n) is 13.1. The Labute approximate surface area is 238 Å². The maximum atomic E-state index is 13.6. The molecule has 4 aromatic rings. The zero-order chi connectivity index (χ0) is 29.9. The number of halogens is 2. The summed E-state index contributed by atoms with van der Waals surface area (Å²) in [5.74, 6) is 1.00. The number of aryl methyl sites for hydroxylation is 3. The first-order valence-corrected chi connectivity index (χ1v) is 14.7. The normalized spacial score (nSPS) is 12.6. The average molecular weight is 582 g/mol. The summed E-state index contributed by atoms with van der Waals surface area (Å²) in [6.07, 6.45) is 2.70. The van der Waals surface area contributed by atoms with E-state index in [0.717, 1.165) is 51.6 Å². The SMILES string of the molecule is C/C(=C\c1c(N)c(N)nc2cc(C)ccc12)CCc1ccc(OCc2ccc(CC(F)(F)P(=O)(O)O)cc2)cc1C. The minimum atomic E-state index is -5.52. The number of nitrogens with two attached hydrogens (primary N) is 2. The van der Waals surface area contributed by atoms with Gasteiger partial charge in [0.1, 0.15) is 18.2 Å². The molecule has 1 heterocycles. The number of alkyl halides is 2. The summed E-state index contributed by atoms with van der Waals surface area (Å²) in [5.41, 5.74) is 15.9. The quantitative estimate of drug-likeness (QED) is 0.149. The molecule has 4 rings (SSSR count). The van der Waals surface area contributed by atoms with Crippen LogP contribution >= 0.6 is 7.60 Å². The van der Waals surface area contributed by atoms with Crippen molar-refractivity contribution in [3.63, 3.8) is 0 Å². The maximum Gasteiger partial charge on any atom is 0.394 e. The number of anilines is 2. The number of fused-ring (bicyclic) bond motifs is 1. The lowest BCUT2D eigenvalue weighted by Gasteiger charge is -2.17. The van der Waals surface area contributed by atoms with Crippen molar-refractivity contribution >= 4 is 36.1 Å². The van der Waals surface area contributed by atoms with Crippen LogP contribution in [-0.2, 0) is 24.0 Å². The van der Waals surface area contributed by atoms with Crippen molar-refractivity contribution in [2.45, 2.75) is 52.3 Å². The van der Waals surface area contributed by atoms with Gasteiger partial charge in [-0.3, -0.25) is 4.57 Å². The van der Waals surface area contributed by atoms with Crippen molar-refractivity contribution in [3.8, 4) is 5.75 Å². The molecule has 0 aliphatic heterocycles. The molecule has 0 saturated heterocycles. The van der Waals surface area contributed by atoms with Gasteiger partial charge >= 0.3 is 13.3 Å². The number of rotatable bonds is 10. The van der Waals surface area contributed by atoms with Crippen LogP contribution in [0.15, 0.2) is 66.2 Å². The number of nitrogens with zero attached hydrogens (tertiary/aromatic N) is 1. The van der Waals surface area contributed by atoms with Crippen LogP contribution in [0.1, 0.15) is 46.7 Å². The molecule has 7 nitrogen and oxygen atoms in total. The highest BCUT2D eigenvalue weighted by atomic mass is 31.2. The second kappa shape index (κ2) is 12.0. The number of ether oxygens (including phenoxy) is 1. The standard InChI is InChI=1S/C31H34F2N3O4P/c1-19(14-27-26-13-5-20(2)15-28(26)36-30(35)29(27)34)4-10-24-11-12-25(16-21(24)3)40-18-23-8-6-22(7-9-23)17-31(32,33)41(37,38)39/h5-9,11-16H,4,10,17-18,34H2,1-3H3,(H2,35,36)(H2,37,38,39)/b19-14+. The monoisotopic (exact) mass is 581 g/mol. The summed E-state index contributed by atoms with van der Waals surface area (Å²) in [5, 5.41) is 0.966. The topological polar surface area (TPSA) is 132 Å². The zero-order valence-electron chi connectivity index (χ0n) is 23.2. The van der Waals surface area contributed by atoms with Crippen LogP contribution in [0.25, 0.3) is 17.0 Å². The first kappa shape index (κ1) is 30.2. The van der Waals surface area contributed by atoms with E-state index in [4.69, 9.17) is 26.0 Å². The maximum absolute atomic E-state index is 13.6. The van der Waals surface area contributed by atoms with Gasteiger partial charge in [-0.2, -0.15) is 8.78 Å². The molecule has 10 heteroatoms. The molecule has 0 radical (unpaired) electrons. The van der Waals surface area contributed by atoms with Gasteiger partial charge in [0, 0.05) is 17.4 Å². The Morgan fingerprint density at radius 2 is 1.71 bits per heavy atom. The summed E-state index contributed by atoms with van der Waals surface area (Å²) in [6, 6.07) is 18.0. The van der Waals surface area contributed by atoms with Crippen molar-refractivity contribution in [1.82, 2.24) is 4.98 Å². The van der Waals surface area contributed by atoms with Gasteiger partial charge in [-0.05, 0) is 79.6 Å². The molecule has 0 saturated carbocycles. The van der Waals surface area contributed by atoms with Crippen molar-refractivity contribution in [1.29, 1.82) is 0 Å². The van der Waals surface area contributed by atoms with E-state index in [9.17, 15) is 13.3 Å². The van der Waals surface area contributed by atoms with Gasteiger partial charge in [-0.15, -0.1) is 0 Å². The summed E-state index contributed by atoms with van der Waals surface area (Å²) in [6.45, 7) is 6.33. The van der Waals surface area contributed by atoms with E-state index in [1.54, 1.807) is 12.1 Å². The smallest absolute Gasteiger partial charge is 0.394 e. The van der Waals surface area contributed by atoms with Crippen LogP contribution in [0.5, 0.6) is 5.75 Å². The number of benzene rings is 3. The summed E-state index contributed by atoms with van der Waals surface area (Å²) in [4.78, 5) is 22.1. The molecular formula is C31H34F2N3O4P. The molecule has 0 unspecified atom stereocenters. The van der Waals surface area contributed by atoms with E-state index < -0.39 is 19.7 Å². The molecule has 216 valence electrons. The summed E-state index contributed by atoms with van der Waals surface area (Å²) < 4.78 is 44.2.